The SMILES string of the molecule is CCCC(O)c1cccc(NCc2ccc(C(=O)OC(C)C)cc2)c1. The molecule has 2 N–H and O–H groups in total. The minimum absolute atomic E-state index is 0.121. The summed E-state index contributed by atoms with van der Waals surface area (Å²) in [5.41, 5.74) is 3.53. The highest BCUT2D eigenvalue weighted by atomic mass is 16.5. The molecule has 0 aliphatic rings. The van der Waals surface area contributed by atoms with Gasteiger partial charge in [-0.3, -0.25) is 0 Å². The van der Waals surface area contributed by atoms with Crippen LogP contribution in [0, 0.1) is 0 Å². The van der Waals surface area contributed by atoms with Crippen molar-refractivity contribution in [3.63, 3.8) is 0 Å². The Morgan fingerprint density at radius 3 is 2.52 bits per heavy atom. The van der Waals surface area contributed by atoms with E-state index < -0.39 is 6.10 Å². The molecule has 25 heavy (non-hydrogen) atoms. The molecule has 4 nitrogen and oxygen atoms in total. The maximum Gasteiger partial charge on any atom is 0.338 e. The number of carbonyl (C=O) groups excluding carboxylic acids is 1. The molecule has 2 aromatic rings. The molecule has 4 heteroatoms. The van der Waals surface area contributed by atoms with Gasteiger partial charge in [0.05, 0.1) is 17.8 Å². The van der Waals surface area contributed by atoms with E-state index in [-0.39, 0.29) is 12.1 Å². The van der Waals surface area contributed by atoms with Crippen molar-refractivity contribution < 1.29 is 14.6 Å². The summed E-state index contributed by atoms with van der Waals surface area (Å²) in [7, 11) is 0. The van der Waals surface area contributed by atoms with Crippen molar-refractivity contribution in [2.75, 3.05) is 5.32 Å². The number of aliphatic hydroxyl groups excluding tert-OH is 1. The monoisotopic (exact) mass is 341 g/mol. The number of esters is 1. The largest absolute Gasteiger partial charge is 0.459 e. The summed E-state index contributed by atoms with van der Waals surface area (Å²) < 4.78 is 5.18. The molecule has 0 aromatic heterocycles. The third-order valence-electron chi connectivity index (χ3n) is 3.86. The highest BCUT2D eigenvalue weighted by molar-refractivity contribution is 5.89. The number of carbonyl (C=O) groups is 1. The van der Waals surface area contributed by atoms with Crippen LogP contribution in [0.25, 0.3) is 0 Å². The average Bonchev–Trinajstić information content (AvgIpc) is 2.60. The average molecular weight is 341 g/mol. The van der Waals surface area contributed by atoms with Crippen molar-refractivity contribution in [1.29, 1.82) is 0 Å². The van der Waals surface area contributed by atoms with Gasteiger partial charge >= 0.3 is 5.97 Å². The van der Waals surface area contributed by atoms with Gasteiger partial charge in [0.15, 0.2) is 0 Å². The Kier molecular flexibility index (Phi) is 7.02. The molecule has 0 amide bonds. The van der Waals surface area contributed by atoms with Crippen molar-refractivity contribution >= 4 is 11.7 Å². The molecule has 0 aliphatic heterocycles. The highest BCUT2D eigenvalue weighted by Crippen LogP contribution is 2.21. The van der Waals surface area contributed by atoms with Gasteiger partial charge in [0.25, 0.3) is 0 Å². The van der Waals surface area contributed by atoms with E-state index in [2.05, 4.69) is 12.2 Å². The van der Waals surface area contributed by atoms with Gasteiger partial charge in [-0.2, -0.15) is 0 Å². The van der Waals surface area contributed by atoms with Crippen molar-refractivity contribution in [2.45, 2.75) is 52.4 Å². The normalized spacial score (nSPS) is 12.0. The Balaban J connectivity index is 1.95. The summed E-state index contributed by atoms with van der Waals surface area (Å²) in [6.07, 6.45) is 1.17. The lowest BCUT2D eigenvalue weighted by Gasteiger charge is -2.13. The van der Waals surface area contributed by atoms with Crippen LogP contribution in [-0.4, -0.2) is 17.2 Å². The number of nitrogens with one attached hydrogen (secondary N) is 1. The fraction of sp³-hybridized carbons (Fsp3) is 0.381. The molecule has 0 aliphatic carbocycles. The molecular formula is C21H27NO3. The summed E-state index contributed by atoms with van der Waals surface area (Å²) in [6.45, 7) is 6.38. The number of hydrogen-bond donors (Lipinski definition) is 2. The molecule has 0 saturated heterocycles. The molecular weight excluding hydrogens is 314 g/mol. The maximum atomic E-state index is 11.8. The minimum Gasteiger partial charge on any atom is -0.459 e. The Bertz CT molecular complexity index is 680. The van der Waals surface area contributed by atoms with Crippen LogP contribution < -0.4 is 5.32 Å². The predicted octanol–water partition coefficient (Wildman–Crippen LogP) is 4.70. The van der Waals surface area contributed by atoms with Crippen molar-refractivity contribution in [1.82, 2.24) is 0 Å². The zero-order chi connectivity index (χ0) is 18.2. The fourth-order valence-electron chi connectivity index (χ4n) is 2.54. The summed E-state index contributed by atoms with van der Waals surface area (Å²) in [6, 6.07) is 15.2. The van der Waals surface area contributed by atoms with Gasteiger partial charge in [0, 0.05) is 12.2 Å². The van der Waals surface area contributed by atoms with Crippen LogP contribution in [0.3, 0.4) is 0 Å². The Morgan fingerprint density at radius 1 is 1.16 bits per heavy atom. The number of anilines is 1. The standard InChI is InChI=1S/C21H27NO3/c1-4-6-20(23)18-7-5-8-19(13-18)22-14-16-9-11-17(12-10-16)21(24)25-15(2)3/h5,7-13,15,20,22-23H,4,6,14H2,1-3H3. The van der Waals surface area contributed by atoms with Gasteiger partial charge < -0.3 is 15.2 Å². The van der Waals surface area contributed by atoms with Gasteiger partial charge in [-0.15, -0.1) is 0 Å². The zero-order valence-corrected chi connectivity index (χ0v) is 15.2. The van der Waals surface area contributed by atoms with Crippen LogP contribution >= 0.6 is 0 Å². The second-order valence-corrected chi connectivity index (χ2v) is 6.43. The molecule has 1 atom stereocenters. The van der Waals surface area contributed by atoms with Gasteiger partial charge in [0.1, 0.15) is 0 Å². The fourth-order valence-corrected chi connectivity index (χ4v) is 2.54. The van der Waals surface area contributed by atoms with Gasteiger partial charge in [0.2, 0.25) is 0 Å². The number of ether oxygens (including phenoxy) is 1. The second-order valence-electron chi connectivity index (χ2n) is 6.43. The van der Waals surface area contributed by atoms with E-state index >= 15 is 0 Å². The van der Waals surface area contributed by atoms with E-state index in [0.717, 1.165) is 29.7 Å². The van der Waals surface area contributed by atoms with E-state index in [9.17, 15) is 9.90 Å². The third-order valence-corrected chi connectivity index (χ3v) is 3.86. The first-order valence-electron chi connectivity index (χ1n) is 8.81. The van der Waals surface area contributed by atoms with Crippen LogP contribution in [0.2, 0.25) is 0 Å². The number of benzene rings is 2. The van der Waals surface area contributed by atoms with Crippen LogP contribution in [-0.2, 0) is 11.3 Å². The number of hydrogen-bond acceptors (Lipinski definition) is 4. The summed E-state index contributed by atoms with van der Waals surface area (Å²) in [5, 5.41) is 13.5. The van der Waals surface area contributed by atoms with Crippen molar-refractivity contribution in [3.05, 3.63) is 65.2 Å². The Morgan fingerprint density at radius 2 is 1.88 bits per heavy atom. The summed E-state index contributed by atoms with van der Waals surface area (Å²) in [4.78, 5) is 11.8. The lowest BCUT2D eigenvalue weighted by atomic mass is 10.0. The number of rotatable bonds is 8. The first-order valence-corrected chi connectivity index (χ1v) is 8.81. The predicted molar refractivity (Wildman–Crippen MR) is 101 cm³/mol. The van der Waals surface area contributed by atoms with E-state index in [4.69, 9.17) is 4.74 Å². The lowest BCUT2D eigenvalue weighted by molar-refractivity contribution is 0.0378. The molecule has 1 unspecified atom stereocenters. The minimum atomic E-state index is -0.419. The van der Waals surface area contributed by atoms with E-state index in [1.54, 1.807) is 12.1 Å². The van der Waals surface area contributed by atoms with Crippen LogP contribution in [0.15, 0.2) is 48.5 Å². The van der Waals surface area contributed by atoms with Crippen molar-refractivity contribution in [3.8, 4) is 0 Å². The first-order chi connectivity index (χ1) is 12.0. The van der Waals surface area contributed by atoms with Gasteiger partial charge in [-0.1, -0.05) is 37.6 Å². The Hall–Kier alpha value is -2.33. The van der Waals surface area contributed by atoms with Crippen LogP contribution in [0.1, 0.15) is 61.2 Å². The summed E-state index contributed by atoms with van der Waals surface area (Å²) in [5.74, 6) is -0.299. The molecule has 2 aromatic carbocycles. The molecule has 0 radical (unpaired) electrons. The van der Waals surface area contributed by atoms with E-state index in [0.29, 0.717) is 12.1 Å². The molecule has 0 fully saturated rings. The quantitative estimate of drug-likeness (QED) is 0.684. The van der Waals surface area contributed by atoms with Crippen LogP contribution in [0.5, 0.6) is 0 Å². The second kappa shape index (κ2) is 9.23. The Labute approximate surface area is 149 Å². The van der Waals surface area contributed by atoms with Crippen LogP contribution in [0.4, 0.5) is 5.69 Å². The molecule has 134 valence electrons. The van der Waals surface area contributed by atoms with E-state index in [1.807, 2.05) is 50.2 Å². The molecule has 0 heterocycles. The first kappa shape index (κ1) is 19.0. The smallest absolute Gasteiger partial charge is 0.338 e. The van der Waals surface area contributed by atoms with Gasteiger partial charge in [-0.25, -0.2) is 4.79 Å². The number of aliphatic hydroxyl groups is 1. The molecule has 2 rings (SSSR count). The summed E-state index contributed by atoms with van der Waals surface area (Å²) >= 11 is 0. The lowest BCUT2D eigenvalue weighted by Crippen LogP contribution is -2.11. The van der Waals surface area contributed by atoms with Crippen molar-refractivity contribution in [2.24, 2.45) is 0 Å². The molecule has 0 spiro atoms. The third kappa shape index (κ3) is 5.91. The van der Waals surface area contributed by atoms with E-state index in [1.165, 1.54) is 0 Å². The molecule has 0 bridgehead atoms. The maximum absolute atomic E-state index is 11.8. The van der Waals surface area contributed by atoms with Gasteiger partial charge in [-0.05, 0) is 55.7 Å². The molecule has 0 saturated carbocycles. The highest BCUT2D eigenvalue weighted by Gasteiger charge is 2.09. The zero-order valence-electron chi connectivity index (χ0n) is 15.2. The topological polar surface area (TPSA) is 58.6 Å².